The Bertz CT molecular complexity index is 957. The first-order chi connectivity index (χ1) is 13.7. The summed E-state index contributed by atoms with van der Waals surface area (Å²) in [6.45, 7) is 1.67. The fourth-order valence-electron chi connectivity index (χ4n) is 3.05. The molecule has 0 saturated heterocycles. The van der Waals surface area contributed by atoms with Crippen LogP contribution in [0.25, 0.3) is 0 Å². The van der Waals surface area contributed by atoms with Gasteiger partial charge in [0.15, 0.2) is 11.6 Å². The van der Waals surface area contributed by atoms with Gasteiger partial charge in [0.2, 0.25) is 0 Å². The first-order valence-electron chi connectivity index (χ1n) is 8.98. The van der Waals surface area contributed by atoms with Crippen molar-refractivity contribution in [2.75, 3.05) is 7.11 Å². The highest BCUT2D eigenvalue weighted by Gasteiger charge is 2.23. The lowest BCUT2D eigenvalue weighted by Gasteiger charge is -2.15. The molecule has 1 aromatic heterocycles. The van der Waals surface area contributed by atoms with Crippen molar-refractivity contribution in [3.8, 4) is 11.5 Å². The maximum Gasteiger partial charge on any atom is 0.318 e. The van der Waals surface area contributed by atoms with Gasteiger partial charge in [-0.2, -0.15) is 5.10 Å². The Hall–Kier alpha value is -3.55. The molecule has 0 atom stereocenters. The summed E-state index contributed by atoms with van der Waals surface area (Å²) in [6, 6.07) is 15.2. The molecule has 3 aromatic rings. The molecule has 0 unspecified atom stereocenters. The predicted molar refractivity (Wildman–Crippen MR) is 102 cm³/mol. The SMILES string of the molecule is COc1ccc2c(c1)CN(C(=O)NCc1n[nH]c(COc3ccccc3)n1)C2. The van der Waals surface area contributed by atoms with E-state index in [0.29, 0.717) is 24.7 Å². The van der Waals surface area contributed by atoms with Gasteiger partial charge in [0.25, 0.3) is 0 Å². The number of carbonyl (C=O) groups is 1. The maximum atomic E-state index is 12.5. The molecule has 0 aliphatic carbocycles. The van der Waals surface area contributed by atoms with Crippen LogP contribution in [0.4, 0.5) is 4.79 Å². The molecule has 28 heavy (non-hydrogen) atoms. The van der Waals surface area contributed by atoms with Crippen LogP contribution in [-0.2, 0) is 26.2 Å². The molecule has 2 N–H and O–H groups in total. The number of hydrogen-bond acceptors (Lipinski definition) is 5. The number of aromatic amines is 1. The molecule has 2 heterocycles. The average molecular weight is 379 g/mol. The average Bonchev–Trinajstić information content (AvgIpc) is 3.37. The second kappa shape index (κ2) is 7.99. The van der Waals surface area contributed by atoms with Gasteiger partial charge in [-0.3, -0.25) is 5.10 Å². The zero-order valence-electron chi connectivity index (χ0n) is 15.5. The highest BCUT2D eigenvalue weighted by atomic mass is 16.5. The van der Waals surface area contributed by atoms with E-state index in [4.69, 9.17) is 9.47 Å². The first-order valence-corrected chi connectivity index (χ1v) is 8.98. The van der Waals surface area contributed by atoms with Gasteiger partial charge in [0.1, 0.15) is 18.1 Å². The number of ether oxygens (including phenoxy) is 2. The van der Waals surface area contributed by atoms with Gasteiger partial charge < -0.3 is 19.7 Å². The van der Waals surface area contributed by atoms with E-state index < -0.39 is 0 Å². The number of aromatic nitrogens is 3. The van der Waals surface area contributed by atoms with Gasteiger partial charge in [0.05, 0.1) is 13.7 Å². The van der Waals surface area contributed by atoms with Crippen molar-refractivity contribution in [2.45, 2.75) is 26.2 Å². The second-order valence-electron chi connectivity index (χ2n) is 6.45. The molecule has 144 valence electrons. The molecular formula is C20H21N5O3. The zero-order valence-corrected chi connectivity index (χ0v) is 15.5. The molecule has 0 fully saturated rings. The van der Waals surface area contributed by atoms with Crippen molar-refractivity contribution in [1.29, 1.82) is 0 Å². The fraction of sp³-hybridized carbons (Fsp3) is 0.250. The molecule has 1 aliphatic heterocycles. The van der Waals surface area contributed by atoms with E-state index in [9.17, 15) is 4.79 Å². The number of carbonyl (C=O) groups excluding carboxylic acids is 1. The quantitative estimate of drug-likeness (QED) is 0.687. The smallest absolute Gasteiger partial charge is 0.318 e. The van der Waals surface area contributed by atoms with Gasteiger partial charge in [-0.05, 0) is 35.4 Å². The minimum Gasteiger partial charge on any atom is -0.497 e. The standard InChI is InChI=1S/C20H21N5O3/c1-27-17-8-7-14-11-25(12-15(14)9-17)20(26)21-10-18-22-19(24-23-18)13-28-16-5-3-2-4-6-16/h2-9H,10-13H2,1H3,(H,21,26)(H,22,23,24). The number of methoxy groups -OCH3 is 1. The molecule has 0 spiro atoms. The Balaban J connectivity index is 1.27. The van der Waals surface area contributed by atoms with Crippen LogP contribution in [0.15, 0.2) is 48.5 Å². The lowest BCUT2D eigenvalue weighted by molar-refractivity contribution is 0.197. The summed E-state index contributed by atoms with van der Waals surface area (Å²) >= 11 is 0. The molecule has 0 bridgehead atoms. The lowest BCUT2D eigenvalue weighted by atomic mass is 10.1. The van der Waals surface area contributed by atoms with E-state index >= 15 is 0 Å². The van der Waals surface area contributed by atoms with E-state index in [1.54, 1.807) is 12.0 Å². The number of fused-ring (bicyclic) bond motifs is 1. The van der Waals surface area contributed by atoms with Crippen LogP contribution < -0.4 is 14.8 Å². The van der Waals surface area contributed by atoms with Crippen molar-refractivity contribution in [3.63, 3.8) is 0 Å². The summed E-state index contributed by atoms with van der Waals surface area (Å²) in [4.78, 5) is 18.5. The number of H-pyrrole nitrogens is 1. The van der Waals surface area contributed by atoms with E-state index in [1.165, 1.54) is 0 Å². The molecule has 8 nitrogen and oxygen atoms in total. The van der Waals surface area contributed by atoms with Gasteiger partial charge in [-0.25, -0.2) is 9.78 Å². The Morgan fingerprint density at radius 1 is 1.14 bits per heavy atom. The third kappa shape index (κ3) is 4.06. The van der Waals surface area contributed by atoms with Crippen molar-refractivity contribution < 1.29 is 14.3 Å². The van der Waals surface area contributed by atoms with Crippen molar-refractivity contribution in [2.24, 2.45) is 0 Å². The maximum absolute atomic E-state index is 12.5. The number of rotatable bonds is 6. The molecule has 1 aliphatic rings. The fourth-order valence-corrected chi connectivity index (χ4v) is 3.05. The molecule has 4 rings (SSSR count). The molecule has 0 radical (unpaired) electrons. The molecule has 2 amide bonds. The van der Waals surface area contributed by atoms with Crippen LogP contribution in [0.5, 0.6) is 11.5 Å². The third-order valence-electron chi connectivity index (χ3n) is 4.52. The Morgan fingerprint density at radius 3 is 2.79 bits per heavy atom. The zero-order chi connectivity index (χ0) is 19.3. The number of para-hydroxylation sites is 1. The van der Waals surface area contributed by atoms with E-state index in [0.717, 1.165) is 22.6 Å². The van der Waals surface area contributed by atoms with Crippen molar-refractivity contribution >= 4 is 6.03 Å². The number of nitrogens with one attached hydrogen (secondary N) is 2. The number of amides is 2. The number of benzene rings is 2. The summed E-state index contributed by atoms with van der Waals surface area (Å²) in [5.74, 6) is 2.68. The minimum atomic E-state index is -0.151. The normalized spacial score (nSPS) is 12.5. The van der Waals surface area contributed by atoms with Crippen LogP contribution in [0.1, 0.15) is 22.8 Å². The van der Waals surface area contributed by atoms with Crippen molar-refractivity contribution in [3.05, 3.63) is 71.3 Å². The Morgan fingerprint density at radius 2 is 1.96 bits per heavy atom. The number of hydrogen-bond donors (Lipinski definition) is 2. The van der Waals surface area contributed by atoms with Gasteiger partial charge >= 0.3 is 6.03 Å². The van der Waals surface area contributed by atoms with Crippen LogP contribution in [-0.4, -0.2) is 33.2 Å². The summed E-state index contributed by atoms with van der Waals surface area (Å²) in [5.41, 5.74) is 2.24. The highest BCUT2D eigenvalue weighted by Crippen LogP contribution is 2.26. The number of urea groups is 1. The highest BCUT2D eigenvalue weighted by molar-refractivity contribution is 5.75. The molecule has 8 heteroatoms. The lowest BCUT2D eigenvalue weighted by Crippen LogP contribution is -2.36. The number of nitrogens with zero attached hydrogens (tertiary/aromatic N) is 3. The first kappa shape index (κ1) is 17.8. The van der Waals surface area contributed by atoms with Crippen LogP contribution in [0, 0.1) is 0 Å². The Kier molecular flexibility index (Phi) is 5.09. The summed E-state index contributed by atoms with van der Waals surface area (Å²) in [7, 11) is 1.64. The summed E-state index contributed by atoms with van der Waals surface area (Å²) in [6.07, 6.45) is 0. The summed E-state index contributed by atoms with van der Waals surface area (Å²) < 4.78 is 10.9. The van der Waals surface area contributed by atoms with Gasteiger partial charge in [0, 0.05) is 13.1 Å². The predicted octanol–water partition coefficient (Wildman–Crippen LogP) is 2.62. The van der Waals surface area contributed by atoms with Crippen LogP contribution in [0.3, 0.4) is 0 Å². The van der Waals surface area contributed by atoms with E-state index in [1.807, 2.05) is 48.5 Å². The molecular weight excluding hydrogens is 358 g/mol. The van der Waals surface area contributed by atoms with Gasteiger partial charge in [-0.15, -0.1) is 0 Å². The topological polar surface area (TPSA) is 92.4 Å². The van der Waals surface area contributed by atoms with E-state index in [2.05, 4.69) is 20.5 Å². The summed E-state index contributed by atoms with van der Waals surface area (Å²) in [5, 5.41) is 9.82. The Labute approximate surface area is 162 Å². The molecule has 2 aromatic carbocycles. The molecule has 0 saturated carbocycles. The third-order valence-corrected chi connectivity index (χ3v) is 4.52. The van der Waals surface area contributed by atoms with Crippen molar-refractivity contribution in [1.82, 2.24) is 25.4 Å². The largest absolute Gasteiger partial charge is 0.497 e. The van der Waals surface area contributed by atoms with Crippen LogP contribution in [0.2, 0.25) is 0 Å². The van der Waals surface area contributed by atoms with Gasteiger partial charge in [-0.1, -0.05) is 24.3 Å². The van der Waals surface area contributed by atoms with E-state index in [-0.39, 0.29) is 19.2 Å². The second-order valence-corrected chi connectivity index (χ2v) is 6.45. The minimum absolute atomic E-state index is 0.151. The van der Waals surface area contributed by atoms with Crippen LogP contribution >= 0.6 is 0 Å². The monoisotopic (exact) mass is 379 g/mol.